The van der Waals surface area contributed by atoms with Gasteiger partial charge in [-0.3, -0.25) is 4.79 Å². The Morgan fingerprint density at radius 3 is 2.74 bits per heavy atom. The predicted octanol–water partition coefficient (Wildman–Crippen LogP) is 2.76. The number of hydrogen-bond acceptors (Lipinski definition) is 5. The Morgan fingerprint density at radius 1 is 1.29 bits per heavy atom. The van der Waals surface area contributed by atoms with E-state index in [-0.39, 0.29) is 5.91 Å². The molecule has 1 saturated heterocycles. The van der Waals surface area contributed by atoms with E-state index in [0.29, 0.717) is 22.9 Å². The van der Waals surface area contributed by atoms with Crippen LogP contribution in [0.4, 0.5) is 11.4 Å². The zero-order chi connectivity index (χ0) is 21.8. The minimum atomic E-state index is -0.473. The monoisotopic (exact) mass is 415 g/mol. The second kappa shape index (κ2) is 7.06. The third-order valence-electron chi connectivity index (χ3n) is 6.52. The minimum absolute atomic E-state index is 0.0796. The molecule has 5 rings (SSSR count). The van der Waals surface area contributed by atoms with E-state index in [2.05, 4.69) is 50.2 Å². The number of aromatic nitrogens is 3. The summed E-state index contributed by atoms with van der Waals surface area (Å²) >= 11 is 0. The maximum absolute atomic E-state index is 13.3. The predicted molar refractivity (Wildman–Crippen MR) is 118 cm³/mol. The van der Waals surface area contributed by atoms with Gasteiger partial charge in [0.2, 0.25) is 5.69 Å². The van der Waals surface area contributed by atoms with Crippen molar-refractivity contribution in [1.29, 1.82) is 0 Å². The zero-order valence-corrected chi connectivity index (χ0v) is 18.0. The lowest BCUT2D eigenvalue weighted by atomic mass is 10.0. The smallest absolute Gasteiger partial charge is 0.252 e. The Balaban J connectivity index is 1.40. The van der Waals surface area contributed by atoms with Crippen LogP contribution in [0.15, 0.2) is 36.7 Å². The first-order valence-corrected chi connectivity index (χ1v) is 10.5. The summed E-state index contributed by atoms with van der Waals surface area (Å²) in [5.74, 6) is -0.0796. The van der Waals surface area contributed by atoms with Crippen molar-refractivity contribution in [2.24, 2.45) is 0 Å². The number of nitrogens with one attached hydrogen (secondary N) is 1. The van der Waals surface area contributed by atoms with Crippen molar-refractivity contribution >= 4 is 22.9 Å². The highest BCUT2D eigenvalue weighted by atomic mass is 16.1. The second-order valence-electron chi connectivity index (χ2n) is 8.76. The van der Waals surface area contributed by atoms with E-state index in [4.69, 9.17) is 6.57 Å². The molecule has 158 valence electrons. The van der Waals surface area contributed by atoms with E-state index >= 15 is 0 Å². The molecule has 0 radical (unpaired) electrons. The first-order chi connectivity index (χ1) is 14.9. The summed E-state index contributed by atoms with van der Waals surface area (Å²) in [7, 11) is 4.20. The van der Waals surface area contributed by atoms with E-state index in [1.54, 1.807) is 10.7 Å². The number of anilines is 1. The van der Waals surface area contributed by atoms with Gasteiger partial charge in [-0.25, -0.2) is 14.3 Å². The van der Waals surface area contributed by atoms with E-state index < -0.39 is 5.54 Å². The van der Waals surface area contributed by atoms with Crippen molar-refractivity contribution in [3.63, 3.8) is 0 Å². The van der Waals surface area contributed by atoms with E-state index in [1.165, 1.54) is 6.20 Å². The van der Waals surface area contributed by atoms with Crippen LogP contribution in [-0.4, -0.2) is 58.6 Å². The van der Waals surface area contributed by atoms with Crippen molar-refractivity contribution < 1.29 is 4.79 Å². The van der Waals surface area contributed by atoms with Gasteiger partial charge >= 0.3 is 0 Å². The molecule has 3 aromatic rings. The van der Waals surface area contributed by atoms with Gasteiger partial charge in [-0.1, -0.05) is 6.07 Å². The van der Waals surface area contributed by atoms with Gasteiger partial charge in [0, 0.05) is 36.6 Å². The summed E-state index contributed by atoms with van der Waals surface area (Å²) in [6.45, 7) is 11.2. The van der Waals surface area contributed by atoms with Crippen LogP contribution in [-0.2, 0) is 5.54 Å². The topological polar surface area (TPSA) is 70.1 Å². The van der Waals surface area contributed by atoms with Crippen LogP contribution in [0.3, 0.4) is 0 Å². The highest BCUT2D eigenvalue weighted by molar-refractivity contribution is 5.97. The summed E-state index contributed by atoms with van der Waals surface area (Å²) < 4.78 is 1.69. The number of aryl methyl sites for hydroxylation is 1. The van der Waals surface area contributed by atoms with Crippen LogP contribution >= 0.6 is 0 Å². The lowest BCUT2D eigenvalue weighted by molar-refractivity contribution is 0.0928. The van der Waals surface area contributed by atoms with Crippen molar-refractivity contribution in [3.05, 3.63) is 64.9 Å². The summed E-state index contributed by atoms with van der Waals surface area (Å²) in [4.78, 5) is 25.6. The number of benzene rings is 1. The minimum Gasteiger partial charge on any atom is -0.368 e. The van der Waals surface area contributed by atoms with Crippen molar-refractivity contribution in [3.8, 4) is 0 Å². The van der Waals surface area contributed by atoms with Crippen molar-refractivity contribution in [2.75, 3.05) is 32.1 Å². The molecule has 2 aliphatic rings. The molecule has 1 aliphatic carbocycles. The van der Waals surface area contributed by atoms with E-state index in [1.807, 2.05) is 25.1 Å². The standard InChI is InChI=1S/C23H25N7O/c1-15-5-6-16(29-13-17(14-29)28(3)4)11-18(15)22(31)27-23(8-9-23)20-7-10-25-21-19(24-2)12-26-30(20)21/h5-7,10-12,17H,8-9,13-14H2,1,3-4H3,(H,27,31). The Labute approximate surface area is 181 Å². The van der Waals surface area contributed by atoms with Crippen LogP contribution in [0.5, 0.6) is 0 Å². The van der Waals surface area contributed by atoms with Gasteiger partial charge < -0.3 is 15.1 Å². The molecular formula is C23H25N7O. The SMILES string of the molecule is [C-]#[N+]c1cnn2c(C3(NC(=O)c4cc(N5CC(N(C)C)C5)ccc4C)CC3)ccnc12. The average molecular weight is 416 g/mol. The zero-order valence-electron chi connectivity index (χ0n) is 18.0. The molecule has 2 aromatic heterocycles. The fourth-order valence-electron chi connectivity index (χ4n) is 4.22. The van der Waals surface area contributed by atoms with Crippen LogP contribution in [0, 0.1) is 13.5 Å². The van der Waals surface area contributed by atoms with Gasteiger partial charge in [0.15, 0.2) is 5.65 Å². The van der Waals surface area contributed by atoms with Crippen LogP contribution < -0.4 is 10.2 Å². The number of fused-ring (bicyclic) bond motifs is 1. The van der Waals surface area contributed by atoms with E-state index in [0.717, 1.165) is 42.9 Å². The first-order valence-electron chi connectivity index (χ1n) is 10.5. The normalized spacial score (nSPS) is 17.5. The third kappa shape index (κ3) is 3.22. The maximum atomic E-state index is 13.3. The first kappa shape index (κ1) is 19.5. The molecule has 3 heterocycles. The second-order valence-corrected chi connectivity index (χ2v) is 8.76. The lowest BCUT2D eigenvalue weighted by Crippen LogP contribution is -2.57. The van der Waals surface area contributed by atoms with Gasteiger partial charge in [-0.05, 0) is 57.6 Å². The Hall–Kier alpha value is -3.44. The molecule has 8 nitrogen and oxygen atoms in total. The fraction of sp³-hybridized carbons (Fsp3) is 0.391. The van der Waals surface area contributed by atoms with Gasteiger partial charge in [0.1, 0.15) is 0 Å². The van der Waals surface area contributed by atoms with Gasteiger partial charge in [0.25, 0.3) is 5.91 Å². The number of carbonyl (C=O) groups is 1. The van der Waals surface area contributed by atoms with Gasteiger partial charge in [0.05, 0.1) is 24.0 Å². The van der Waals surface area contributed by atoms with Crippen LogP contribution in [0.2, 0.25) is 0 Å². The fourth-order valence-corrected chi connectivity index (χ4v) is 4.22. The molecule has 0 bridgehead atoms. The summed E-state index contributed by atoms with van der Waals surface area (Å²) in [6, 6.07) is 8.54. The number of rotatable bonds is 5. The third-order valence-corrected chi connectivity index (χ3v) is 6.52. The molecule has 8 heteroatoms. The molecule has 0 spiro atoms. The largest absolute Gasteiger partial charge is 0.368 e. The highest BCUT2D eigenvalue weighted by Crippen LogP contribution is 2.46. The average Bonchev–Trinajstić information content (AvgIpc) is 3.36. The Kier molecular flexibility index (Phi) is 4.45. The number of amides is 1. The molecule has 1 aliphatic heterocycles. The molecule has 0 atom stereocenters. The van der Waals surface area contributed by atoms with Crippen LogP contribution in [0.1, 0.15) is 34.5 Å². The van der Waals surface area contributed by atoms with Crippen molar-refractivity contribution in [1.82, 2.24) is 24.8 Å². The maximum Gasteiger partial charge on any atom is 0.252 e. The molecule has 1 amide bonds. The summed E-state index contributed by atoms with van der Waals surface area (Å²) in [5, 5.41) is 7.61. The highest BCUT2D eigenvalue weighted by Gasteiger charge is 2.48. The molecule has 1 N–H and O–H groups in total. The quantitative estimate of drug-likeness (QED) is 0.649. The number of carbonyl (C=O) groups excluding carboxylic acids is 1. The molecular weight excluding hydrogens is 390 g/mol. The number of hydrogen-bond donors (Lipinski definition) is 1. The number of nitrogens with zero attached hydrogens (tertiary/aromatic N) is 6. The van der Waals surface area contributed by atoms with Gasteiger partial charge in [-0.2, -0.15) is 5.10 Å². The Bertz CT molecular complexity index is 1210. The van der Waals surface area contributed by atoms with Crippen molar-refractivity contribution in [2.45, 2.75) is 31.3 Å². The van der Waals surface area contributed by atoms with Gasteiger partial charge in [-0.15, -0.1) is 0 Å². The molecule has 1 aromatic carbocycles. The number of likely N-dealkylation sites (N-methyl/N-ethyl adjacent to an activating group) is 1. The molecule has 0 unspecified atom stereocenters. The molecule has 31 heavy (non-hydrogen) atoms. The molecule has 2 fully saturated rings. The van der Waals surface area contributed by atoms with Crippen LogP contribution in [0.25, 0.3) is 10.5 Å². The lowest BCUT2D eigenvalue weighted by Gasteiger charge is -2.44. The summed E-state index contributed by atoms with van der Waals surface area (Å²) in [5.41, 5.74) is 4.07. The summed E-state index contributed by atoms with van der Waals surface area (Å²) in [6.07, 6.45) is 4.88. The Morgan fingerprint density at radius 2 is 2.06 bits per heavy atom. The van der Waals surface area contributed by atoms with E-state index in [9.17, 15) is 4.79 Å². The molecule has 1 saturated carbocycles.